The molecule has 0 unspecified atom stereocenters. The van der Waals surface area contributed by atoms with Crippen molar-refractivity contribution in [1.29, 1.82) is 0 Å². The molecule has 0 aliphatic rings. The van der Waals surface area contributed by atoms with Gasteiger partial charge in [0.25, 0.3) is 0 Å². The molecule has 4 heterocycles. The SMILES string of the molecule is c1ccc2c(CCNc3nc(Nc4ccc5[nH]ncc5c4)nc4occc34)c[nH]c2c1. The Morgan fingerprint density at radius 3 is 2.94 bits per heavy atom. The van der Waals surface area contributed by atoms with Gasteiger partial charge < -0.3 is 20.0 Å². The van der Waals surface area contributed by atoms with E-state index in [4.69, 9.17) is 9.40 Å². The third-order valence-corrected chi connectivity index (χ3v) is 5.38. The molecule has 0 saturated carbocycles. The standard InChI is InChI=1S/C23H19N7O/c1-2-4-20-17(3-1)14(12-25-20)7-9-24-21-18-8-10-31-22(18)29-23(28-21)27-16-5-6-19-15(11-16)13-26-30-19/h1-6,8,10-13,25H,7,9H2,(H,26,30)(H2,24,27,28,29). The zero-order valence-corrected chi connectivity index (χ0v) is 16.5. The highest BCUT2D eigenvalue weighted by molar-refractivity contribution is 5.88. The minimum Gasteiger partial charge on any atom is -0.446 e. The first-order chi connectivity index (χ1) is 15.3. The second-order valence-electron chi connectivity index (χ2n) is 7.37. The van der Waals surface area contributed by atoms with Crippen LogP contribution in [0.5, 0.6) is 0 Å². The number of nitrogens with zero attached hydrogens (tertiary/aromatic N) is 3. The van der Waals surface area contributed by atoms with Crippen LogP contribution in [0.3, 0.4) is 0 Å². The number of fused-ring (bicyclic) bond motifs is 3. The number of anilines is 3. The summed E-state index contributed by atoms with van der Waals surface area (Å²) in [7, 11) is 0. The van der Waals surface area contributed by atoms with Crippen molar-refractivity contribution in [1.82, 2.24) is 25.1 Å². The van der Waals surface area contributed by atoms with Crippen LogP contribution in [0.25, 0.3) is 32.9 Å². The summed E-state index contributed by atoms with van der Waals surface area (Å²) in [5, 5.41) is 16.8. The first-order valence-electron chi connectivity index (χ1n) is 10.1. The maximum Gasteiger partial charge on any atom is 0.232 e. The Bertz CT molecular complexity index is 1510. The van der Waals surface area contributed by atoms with E-state index in [-0.39, 0.29) is 0 Å². The van der Waals surface area contributed by atoms with Crippen LogP contribution in [0.4, 0.5) is 17.5 Å². The molecular formula is C23H19N7O. The lowest BCUT2D eigenvalue weighted by molar-refractivity contribution is 0.603. The Balaban J connectivity index is 1.24. The maximum absolute atomic E-state index is 5.55. The summed E-state index contributed by atoms with van der Waals surface area (Å²) in [4.78, 5) is 12.5. The van der Waals surface area contributed by atoms with Gasteiger partial charge in [0.2, 0.25) is 11.7 Å². The maximum atomic E-state index is 5.55. The Kier molecular flexibility index (Phi) is 4.05. The zero-order valence-electron chi connectivity index (χ0n) is 16.5. The van der Waals surface area contributed by atoms with Crippen LogP contribution in [-0.4, -0.2) is 31.7 Å². The lowest BCUT2D eigenvalue weighted by Gasteiger charge is -2.10. The lowest BCUT2D eigenvalue weighted by atomic mass is 10.1. The largest absolute Gasteiger partial charge is 0.446 e. The zero-order chi connectivity index (χ0) is 20.6. The Hall–Kier alpha value is -4.33. The summed E-state index contributed by atoms with van der Waals surface area (Å²) in [6.07, 6.45) is 6.35. The van der Waals surface area contributed by atoms with E-state index in [2.05, 4.69) is 55.2 Å². The van der Waals surface area contributed by atoms with Crippen LogP contribution in [-0.2, 0) is 6.42 Å². The summed E-state index contributed by atoms with van der Waals surface area (Å²) in [5.74, 6) is 1.21. The summed E-state index contributed by atoms with van der Waals surface area (Å²) in [5.41, 5.74) is 4.82. The van der Waals surface area contributed by atoms with Crippen LogP contribution >= 0.6 is 0 Å². The van der Waals surface area contributed by atoms with Gasteiger partial charge in [0.05, 0.1) is 23.4 Å². The van der Waals surface area contributed by atoms with Crippen molar-refractivity contribution < 1.29 is 4.42 Å². The molecule has 0 amide bonds. The van der Waals surface area contributed by atoms with Crippen molar-refractivity contribution in [2.75, 3.05) is 17.2 Å². The molecular weight excluding hydrogens is 390 g/mol. The van der Waals surface area contributed by atoms with Gasteiger partial charge in [-0.2, -0.15) is 15.1 Å². The monoisotopic (exact) mass is 409 g/mol. The van der Waals surface area contributed by atoms with Crippen LogP contribution < -0.4 is 10.6 Å². The molecule has 31 heavy (non-hydrogen) atoms. The normalized spacial score (nSPS) is 11.5. The van der Waals surface area contributed by atoms with E-state index in [0.717, 1.165) is 46.3 Å². The van der Waals surface area contributed by atoms with Gasteiger partial charge in [0.15, 0.2) is 0 Å². The number of aromatic nitrogens is 5. The Morgan fingerprint density at radius 1 is 0.968 bits per heavy atom. The molecule has 8 heteroatoms. The summed E-state index contributed by atoms with van der Waals surface area (Å²) < 4.78 is 5.55. The average molecular weight is 409 g/mol. The van der Waals surface area contributed by atoms with Gasteiger partial charge in [0, 0.05) is 34.7 Å². The van der Waals surface area contributed by atoms with E-state index >= 15 is 0 Å². The van der Waals surface area contributed by atoms with Crippen LogP contribution in [0.2, 0.25) is 0 Å². The van der Waals surface area contributed by atoms with Gasteiger partial charge in [-0.3, -0.25) is 5.10 Å². The van der Waals surface area contributed by atoms with Crippen LogP contribution in [0, 0.1) is 0 Å². The number of rotatable bonds is 6. The number of furan rings is 1. The van der Waals surface area contributed by atoms with E-state index < -0.39 is 0 Å². The molecule has 0 aliphatic heterocycles. The van der Waals surface area contributed by atoms with Crippen molar-refractivity contribution in [3.05, 3.63) is 72.8 Å². The molecule has 0 radical (unpaired) electrons. The molecule has 8 nitrogen and oxygen atoms in total. The van der Waals surface area contributed by atoms with Crippen molar-refractivity contribution in [2.45, 2.75) is 6.42 Å². The summed E-state index contributed by atoms with van der Waals surface area (Å²) in [6.45, 7) is 0.736. The van der Waals surface area contributed by atoms with Gasteiger partial charge in [-0.05, 0) is 42.3 Å². The molecule has 0 spiro atoms. The fraction of sp³-hybridized carbons (Fsp3) is 0.0870. The molecule has 6 aromatic rings. The molecule has 4 N–H and O–H groups in total. The highest BCUT2D eigenvalue weighted by atomic mass is 16.3. The topological polar surface area (TPSA) is 107 Å². The predicted octanol–water partition coefficient (Wildman–Crippen LogP) is 4.98. The third kappa shape index (κ3) is 3.24. The first-order valence-corrected chi connectivity index (χ1v) is 10.1. The predicted molar refractivity (Wildman–Crippen MR) is 122 cm³/mol. The summed E-state index contributed by atoms with van der Waals surface area (Å²) >= 11 is 0. The molecule has 152 valence electrons. The van der Waals surface area contributed by atoms with Crippen molar-refractivity contribution in [3.8, 4) is 0 Å². The quantitative estimate of drug-likeness (QED) is 0.309. The van der Waals surface area contributed by atoms with Crippen molar-refractivity contribution in [2.24, 2.45) is 0 Å². The fourth-order valence-corrected chi connectivity index (χ4v) is 3.85. The van der Waals surface area contributed by atoms with Crippen LogP contribution in [0.15, 0.2) is 71.6 Å². The minimum absolute atomic E-state index is 0.472. The van der Waals surface area contributed by atoms with Gasteiger partial charge in [-0.1, -0.05) is 18.2 Å². The van der Waals surface area contributed by atoms with Crippen molar-refractivity contribution in [3.63, 3.8) is 0 Å². The molecule has 0 saturated heterocycles. The number of nitrogens with one attached hydrogen (secondary N) is 4. The van der Waals surface area contributed by atoms with Crippen LogP contribution in [0.1, 0.15) is 5.56 Å². The molecule has 2 aromatic carbocycles. The van der Waals surface area contributed by atoms with E-state index in [1.807, 2.05) is 30.3 Å². The third-order valence-electron chi connectivity index (χ3n) is 5.38. The number of para-hydroxylation sites is 1. The Morgan fingerprint density at radius 2 is 1.94 bits per heavy atom. The van der Waals surface area contributed by atoms with Gasteiger partial charge >= 0.3 is 0 Å². The molecule has 0 atom stereocenters. The summed E-state index contributed by atoms with van der Waals surface area (Å²) in [6, 6.07) is 16.1. The average Bonchev–Trinajstić information content (AvgIpc) is 3.53. The number of benzene rings is 2. The van der Waals surface area contributed by atoms with E-state index in [0.29, 0.717) is 11.7 Å². The minimum atomic E-state index is 0.472. The molecule has 0 aliphatic carbocycles. The molecule has 6 rings (SSSR count). The van der Waals surface area contributed by atoms with E-state index in [1.165, 1.54) is 10.9 Å². The number of H-pyrrole nitrogens is 2. The number of hydrogen-bond acceptors (Lipinski definition) is 6. The highest BCUT2D eigenvalue weighted by Gasteiger charge is 2.11. The van der Waals surface area contributed by atoms with Gasteiger partial charge in [-0.15, -0.1) is 0 Å². The van der Waals surface area contributed by atoms with Gasteiger partial charge in [0.1, 0.15) is 5.82 Å². The number of hydrogen-bond donors (Lipinski definition) is 4. The Labute approximate surface area is 176 Å². The second-order valence-corrected chi connectivity index (χ2v) is 7.37. The molecule has 0 fully saturated rings. The first kappa shape index (κ1) is 17.5. The van der Waals surface area contributed by atoms with Crippen molar-refractivity contribution >= 4 is 50.4 Å². The lowest BCUT2D eigenvalue weighted by Crippen LogP contribution is -2.08. The number of aromatic amines is 2. The smallest absolute Gasteiger partial charge is 0.232 e. The molecule has 4 aromatic heterocycles. The highest BCUT2D eigenvalue weighted by Crippen LogP contribution is 2.26. The molecule has 0 bridgehead atoms. The van der Waals surface area contributed by atoms with E-state index in [1.54, 1.807) is 12.5 Å². The van der Waals surface area contributed by atoms with Gasteiger partial charge in [-0.25, -0.2) is 0 Å². The second kappa shape index (κ2) is 7.17. The fourth-order valence-electron chi connectivity index (χ4n) is 3.85. The van der Waals surface area contributed by atoms with E-state index in [9.17, 15) is 0 Å².